The fourth-order valence-electron chi connectivity index (χ4n) is 7.71. The summed E-state index contributed by atoms with van der Waals surface area (Å²) in [5.74, 6) is -0.318. The Bertz CT molecular complexity index is 3380. The molecule has 2 N–H and O–H groups in total. The summed E-state index contributed by atoms with van der Waals surface area (Å²) >= 11 is 12.7. The molecule has 9 aromatic rings. The van der Waals surface area contributed by atoms with Gasteiger partial charge in [0.1, 0.15) is 24.7 Å². The minimum Gasteiger partial charge on any atom is -0.488 e. The Balaban J connectivity index is 0.000000192. The number of hydrogen-bond donors (Lipinski definition) is 2. The topological polar surface area (TPSA) is 129 Å². The van der Waals surface area contributed by atoms with Gasteiger partial charge in [0, 0.05) is 49.5 Å². The quantitative estimate of drug-likeness (QED) is 0.111. The summed E-state index contributed by atoms with van der Waals surface area (Å²) in [4.78, 5) is 24.4. The molecule has 0 aliphatic heterocycles. The number of carbonyl (C=O) groups excluding carboxylic acids is 1. The van der Waals surface area contributed by atoms with Gasteiger partial charge in [0.25, 0.3) is 15.9 Å². The molecule has 10 nitrogen and oxygen atoms in total. The highest BCUT2D eigenvalue weighted by Crippen LogP contribution is 2.38. The monoisotopic (exact) mass is 973 g/mol. The van der Waals surface area contributed by atoms with E-state index in [-0.39, 0.29) is 16.0 Å². The van der Waals surface area contributed by atoms with Crippen LogP contribution in [0.3, 0.4) is 0 Å². The number of carboxylic acid groups (broad SMARTS) is 1. The maximum atomic E-state index is 13.0. The Morgan fingerprint density at radius 2 is 0.957 bits per heavy atom. The van der Waals surface area contributed by atoms with Crippen molar-refractivity contribution in [1.82, 2.24) is 13.9 Å². The number of aromatic carboxylic acids is 1. The van der Waals surface area contributed by atoms with E-state index >= 15 is 0 Å². The molecule has 1 amide bonds. The summed E-state index contributed by atoms with van der Waals surface area (Å²) in [7, 11) is -4.01. The Labute approximate surface area is 410 Å². The highest BCUT2D eigenvalue weighted by Gasteiger charge is 2.21. The van der Waals surface area contributed by atoms with E-state index in [1.165, 1.54) is 12.1 Å². The first-order valence-electron chi connectivity index (χ1n) is 21.7. The van der Waals surface area contributed by atoms with Crippen LogP contribution >= 0.6 is 23.2 Å². The van der Waals surface area contributed by atoms with Gasteiger partial charge in [-0.1, -0.05) is 114 Å². The van der Waals surface area contributed by atoms with Crippen LogP contribution in [0.2, 0.25) is 10.0 Å². The zero-order chi connectivity index (χ0) is 48.5. The maximum Gasteiger partial charge on any atom is 0.335 e. The van der Waals surface area contributed by atoms with Gasteiger partial charge < -0.3 is 23.7 Å². The minimum absolute atomic E-state index is 0.0158. The molecule has 0 unspecified atom stereocenters. The van der Waals surface area contributed by atoms with Crippen molar-refractivity contribution in [2.75, 3.05) is 0 Å². The van der Waals surface area contributed by atoms with E-state index in [1.807, 2.05) is 144 Å². The van der Waals surface area contributed by atoms with E-state index in [4.69, 9.17) is 32.7 Å². The first-order valence-corrected chi connectivity index (χ1v) is 23.9. The summed E-state index contributed by atoms with van der Waals surface area (Å²) in [5, 5.41) is 10.5. The number of sulfonamides is 1. The molecular formula is C56H45Cl2N3O7S. The number of rotatable bonds is 14. The molecule has 2 aromatic heterocycles. The van der Waals surface area contributed by atoms with Gasteiger partial charge in [0.2, 0.25) is 0 Å². The standard InChI is InChI=1S/C31H25ClN2O4S.C25H20ClNO3/c1-22-15-17-29(28-20-25(32)16-18-30(28)38-21-23-9-4-2-5-10-23)34(22)26-12-8-11-24(19-26)31(35)33-39(36,37)27-13-6-3-7-14-27;1-17-10-12-23(27(17)21-9-5-8-19(14-21)25(28)29)22-15-20(26)11-13-24(22)30-16-18-6-3-2-4-7-18/h2-20H,21H2,1H3,(H,33,35);2-15H,16H2,1H3,(H,28,29). The van der Waals surface area contributed by atoms with Gasteiger partial charge in [-0.25, -0.2) is 17.9 Å². The van der Waals surface area contributed by atoms with Crippen LogP contribution in [0.25, 0.3) is 33.9 Å². The second-order valence-corrected chi connectivity index (χ2v) is 18.4. The normalized spacial score (nSPS) is 11.0. The molecule has 0 fully saturated rings. The summed E-state index contributed by atoms with van der Waals surface area (Å²) in [6.07, 6.45) is 0. The van der Waals surface area contributed by atoms with Gasteiger partial charge in [0.05, 0.1) is 21.8 Å². The van der Waals surface area contributed by atoms with Crippen molar-refractivity contribution in [3.05, 3.63) is 244 Å². The Kier molecular flexibility index (Phi) is 14.8. The number of carbonyl (C=O) groups is 2. The van der Waals surface area contributed by atoms with Crippen LogP contribution in [0.5, 0.6) is 11.5 Å². The number of hydrogen-bond acceptors (Lipinski definition) is 6. The van der Waals surface area contributed by atoms with E-state index in [2.05, 4.69) is 4.72 Å². The van der Waals surface area contributed by atoms with Gasteiger partial charge in [-0.15, -0.1) is 0 Å². The number of ether oxygens (including phenoxy) is 2. The molecular weight excluding hydrogens is 930 g/mol. The van der Waals surface area contributed by atoms with Gasteiger partial charge in [-0.3, -0.25) is 4.79 Å². The lowest BCUT2D eigenvalue weighted by atomic mass is 10.1. The lowest BCUT2D eigenvalue weighted by Gasteiger charge is -2.17. The Morgan fingerprint density at radius 1 is 0.522 bits per heavy atom. The van der Waals surface area contributed by atoms with E-state index in [9.17, 15) is 23.1 Å². The average Bonchev–Trinajstić information content (AvgIpc) is 3.95. The van der Waals surface area contributed by atoms with Crippen LogP contribution in [0.4, 0.5) is 0 Å². The fraction of sp³-hybridized carbons (Fsp3) is 0.0714. The highest BCUT2D eigenvalue weighted by atomic mass is 35.5. The van der Waals surface area contributed by atoms with Crippen LogP contribution in [0.1, 0.15) is 43.2 Å². The van der Waals surface area contributed by atoms with Crippen molar-refractivity contribution in [1.29, 1.82) is 0 Å². The smallest absolute Gasteiger partial charge is 0.335 e. The van der Waals surface area contributed by atoms with Gasteiger partial charge in [0.15, 0.2) is 0 Å². The zero-order valence-electron chi connectivity index (χ0n) is 37.4. The zero-order valence-corrected chi connectivity index (χ0v) is 39.8. The largest absolute Gasteiger partial charge is 0.488 e. The van der Waals surface area contributed by atoms with Crippen molar-refractivity contribution < 1.29 is 32.6 Å². The minimum atomic E-state index is -4.01. The van der Waals surface area contributed by atoms with Gasteiger partial charge in [-0.05, 0) is 134 Å². The predicted octanol–water partition coefficient (Wildman–Crippen LogP) is 13.2. The third-order valence-corrected chi connectivity index (χ3v) is 12.9. The number of aryl methyl sites for hydroxylation is 2. The average molecular weight is 975 g/mol. The molecule has 2 heterocycles. The van der Waals surface area contributed by atoms with Crippen molar-refractivity contribution in [2.45, 2.75) is 32.0 Å². The summed E-state index contributed by atoms with van der Waals surface area (Å²) in [6, 6.07) is 60.2. The van der Waals surface area contributed by atoms with E-state index in [1.54, 1.807) is 66.7 Å². The second kappa shape index (κ2) is 21.4. The molecule has 7 aromatic carbocycles. The number of aromatic nitrogens is 2. The van der Waals surface area contributed by atoms with Gasteiger partial charge in [-0.2, -0.15) is 0 Å². The molecule has 0 atom stereocenters. The molecule has 0 radical (unpaired) electrons. The van der Waals surface area contributed by atoms with Crippen LogP contribution in [0, 0.1) is 13.8 Å². The SMILES string of the molecule is Cc1ccc(-c2cc(Cl)ccc2OCc2ccccc2)n1-c1cccc(C(=O)NS(=O)(=O)c2ccccc2)c1.Cc1ccc(-c2cc(Cl)ccc2OCc2ccccc2)n1-c1cccc(C(=O)O)c1. The molecule has 9 rings (SSSR count). The first-order chi connectivity index (χ1) is 33.3. The van der Waals surface area contributed by atoms with Crippen molar-refractivity contribution in [2.24, 2.45) is 0 Å². The molecule has 0 aliphatic carbocycles. The van der Waals surface area contributed by atoms with Crippen LogP contribution in [-0.4, -0.2) is 34.5 Å². The molecule has 0 saturated carbocycles. The molecule has 69 heavy (non-hydrogen) atoms. The second-order valence-electron chi connectivity index (χ2n) is 15.9. The lowest BCUT2D eigenvalue weighted by molar-refractivity contribution is 0.0696. The van der Waals surface area contributed by atoms with E-state index < -0.39 is 21.9 Å². The van der Waals surface area contributed by atoms with Crippen molar-refractivity contribution in [3.8, 4) is 45.4 Å². The fourth-order valence-corrected chi connectivity index (χ4v) is 9.05. The molecule has 346 valence electrons. The van der Waals surface area contributed by atoms with E-state index in [0.29, 0.717) is 40.4 Å². The van der Waals surface area contributed by atoms with Crippen molar-refractivity contribution in [3.63, 3.8) is 0 Å². The number of benzene rings is 7. The Hall–Kier alpha value is -7.83. The van der Waals surface area contributed by atoms with E-state index in [0.717, 1.165) is 50.7 Å². The number of amides is 1. The summed E-state index contributed by atoms with van der Waals surface area (Å²) in [6.45, 7) is 4.75. The molecule has 13 heteroatoms. The van der Waals surface area contributed by atoms with Crippen LogP contribution in [0.15, 0.2) is 205 Å². The molecule has 0 aliphatic rings. The maximum absolute atomic E-state index is 13.0. The van der Waals surface area contributed by atoms with Crippen LogP contribution < -0.4 is 14.2 Å². The molecule has 0 saturated heterocycles. The Morgan fingerprint density at radius 3 is 1.42 bits per heavy atom. The number of halogens is 2. The highest BCUT2D eigenvalue weighted by molar-refractivity contribution is 7.90. The molecule has 0 bridgehead atoms. The van der Waals surface area contributed by atoms with Crippen molar-refractivity contribution >= 4 is 45.1 Å². The third-order valence-electron chi connectivity index (χ3n) is 11.1. The summed E-state index contributed by atoms with van der Waals surface area (Å²) in [5.41, 5.74) is 9.19. The first kappa shape index (κ1) is 47.7. The number of carboxylic acids is 1. The predicted molar refractivity (Wildman–Crippen MR) is 272 cm³/mol. The number of nitrogens with one attached hydrogen (secondary N) is 1. The van der Waals surface area contributed by atoms with Crippen LogP contribution in [-0.2, 0) is 23.2 Å². The summed E-state index contributed by atoms with van der Waals surface area (Å²) < 4.78 is 43.8. The molecule has 0 spiro atoms. The number of nitrogens with zero attached hydrogens (tertiary/aromatic N) is 2. The third kappa shape index (κ3) is 11.5. The van der Waals surface area contributed by atoms with Gasteiger partial charge >= 0.3 is 5.97 Å². The lowest BCUT2D eigenvalue weighted by Crippen LogP contribution is -2.30.